The van der Waals surface area contributed by atoms with Gasteiger partial charge in [-0.1, -0.05) is 71.3 Å². The van der Waals surface area contributed by atoms with E-state index in [4.69, 9.17) is 13.9 Å². The number of benzene rings is 2. The molecular weight excluding hydrogens is 482 g/mol. The number of carbonyl (C=O) groups is 2. The topological polar surface area (TPSA) is 94.8 Å². The van der Waals surface area contributed by atoms with Crippen molar-refractivity contribution in [3.63, 3.8) is 0 Å². The summed E-state index contributed by atoms with van der Waals surface area (Å²) in [5.41, 5.74) is 0.470. The molecule has 0 saturated heterocycles. The van der Waals surface area contributed by atoms with Crippen LogP contribution in [-0.2, 0) is 4.74 Å². The molecular formula is C31H39NO6. The number of esters is 1. The second-order valence-electron chi connectivity index (χ2n) is 9.45. The van der Waals surface area contributed by atoms with E-state index in [9.17, 15) is 14.4 Å². The lowest BCUT2D eigenvalue weighted by atomic mass is 10.1. The minimum absolute atomic E-state index is 0.128. The van der Waals surface area contributed by atoms with Crippen LogP contribution >= 0.6 is 0 Å². The Morgan fingerprint density at radius 1 is 0.816 bits per heavy atom. The number of hydrogen-bond donors (Lipinski definition) is 1. The Balaban J connectivity index is 1.60. The first-order valence-electron chi connectivity index (χ1n) is 13.8. The van der Waals surface area contributed by atoms with E-state index in [1.807, 2.05) is 0 Å². The highest BCUT2D eigenvalue weighted by atomic mass is 16.5. The van der Waals surface area contributed by atoms with Crippen LogP contribution in [0.5, 0.6) is 5.75 Å². The molecule has 1 amide bonds. The highest BCUT2D eigenvalue weighted by Gasteiger charge is 2.17. The molecule has 0 unspecified atom stereocenters. The Morgan fingerprint density at radius 3 is 2.21 bits per heavy atom. The fraction of sp³-hybridized carbons (Fsp3) is 0.452. The van der Waals surface area contributed by atoms with Gasteiger partial charge in [0, 0.05) is 11.6 Å². The smallest absolute Gasteiger partial charge is 0.374 e. The summed E-state index contributed by atoms with van der Waals surface area (Å²) >= 11 is 0. The summed E-state index contributed by atoms with van der Waals surface area (Å²) in [5, 5.41) is 3.05. The van der Waals surface area contributed by atoms with Crippen molar-refractivity contribution in [2.45, 2.75) is 78.1 Å². The summed E-state index contributed by atoms with van der Waals surface area (Å²) in [4.78, 5) is 37.9. The van der Waals surface area contributed by atoms with E-state index < -0.39 is 5.97 Å². The zero-order chi connectivity index (χ0) is 27.2. The maximum absolute atomic E-state index is 12.9. The van der Waals surface area contributed by atoms with Crippen molar-refractivity contribution >= 4 is 28.5 Å². The first-order chi connectivity index (χ1) is 18.5. The van der Waals surface area contributed by atoms with Crippen molar-refractivity contribution in [2.75, 3.05) is 18.5 Å². The summed E-state index contributed by atoms with van der Waals surface area (Å²) in [5.74, 6) is -0.548. The summed E-state index contributed by atoms with van der Waals surface area (Å²) in [6, 6.07) is 12.9. The van der Waals surface area contributed by atoms with Gasteiger partial charge in [-0.25, -0.2) is 4.79 Å². The molecule has 1 aromatic heterocycles. The molecule has 2 aromatic carbocycles. The number of para-hydroxylation sites is 1. The van der Waals surface area contributed by atoms with Crippen molar-refractivity contribution in [1.29, 1.82) is 0 Å². The van der Waals surface area contributed by atoms with Crippen molar-refractivity contribution in [3.8, 4) is 5.75 Å². The van der Waals surface area contributed by atoms with Crippen LogP contribution in [0.4, 0.5) is 5.69 Å². The molecule has 0 saturated carbocycles. The minimum Gasteiger partial charge on any atom is -0.494 e. The van der Waals surface area contributed by atoms with Gasteiger partial charge in [0.05, 0.1) is 24.3 Å². The molecule has 204 valence electrons. The molecule has 0 atom stereocenters. The zero-order valence-electron chi connectivity index (χ0n) is 22.6. The molecule has 7 nitrogen and oxygen atoms in total. The number of rotatable bonds is 16. The first kappa shape index (κ1) is 29.0. The van der Waals surface area contributed by atoms with Crippen LogP contribution in [0.15, 0.2) is 57.7 Å². The second-order valence-corrected chi connectivity index (χ2v) is 9.45. The van der Waals surface area contributed by atoms with Gasteiger partial charge in [-0.15, -0.1) is 0 Å². The first-order valence-corrected chi connectivity index (χ1v) is 13.8. The number of fused-ring (bicyclic) bond motifs is 1. The Labute approximate surface area is 224 Å². The Bertz CT molecular complexity index is 1230. The average molecular weight is 522 g/mol. The molecule has 0 aliphatic heterocycles. The Kier molecular flexibility index (Phi) is 11.9. The molecule has 0 aliphatic rings. The van der Waals surface area contributed by atoms with Crippen molar-refractivity contribution in [3.05, 3.63) is 70.1 Å². The highest BCUT2D eigenvalue weighted by Crippen LogP contribution is 2.24. The zero-order valence-corrected chi connectivity index (χ0v) is 22.6. The fourth-order valence-electron chi connectivity index (χ4n) is 4.11. The molecule has 3 aromatic rings. The van der Waals surface area contributed by atoms with Crippen molar-refractivity contribution in [1.82, 2.24) is 0 Å². The molecule has 0 spiro atoms. The fourth-order valence-corrected chi connectivity index (χ4v) is 4.11. The van der Waals surface area contributed by atoms with Crippen molar-refractivity contribution < 1.29 is 23.5 Å². The van der Waals surface area contributed by atoms with Crippen LogP contribution in [0.3, 0.4) is 0 Å². The Hall–Kier alpha value is -3.61. The number of amides is 1. The molecule has 0 radical (unpaired) electrons. The highest BCUT2D eigenvalue weighted by molar-refractivity contribution is 6.08. The van der Waals surface area contributed by atoms with E-state index in [0.29, 0.717) is 23.6 Å². The SMILES string of the molecule is CCCCCCCCCOc1ccc(C(=O)Nc2cccc3c(=O)cc(C(=O)OCCCCC)oc23)cc1. The molecule has 0 bridgehead atoms. The number of nitrogens with one attached hydrogen (secondary N) is 1. The van der Waals surface area contributed by atoms with E-state index >= 15 is 0 Å². The van der Waals surface area contributed by atoms with Crippen LogP contribution in [0.25, 0.3) is 11.0 Å². The number of unbranched alkanes of at least 4 members (excludes halogenated alkanes) is 8. The molecule has 38 heavy (non-hydrogen) atoms. The lowest BCUT2D eigenvalue weighted by Gasteiger charge is -2.10. The van der Waals surface area contributed by atoms with Crippen LogP contribution in [0.2, 0.25) is 0 Å². The van der Waals surface area contributed by atoms with Gasteiger partial charge in [-0.2, -0.15) is 0 Å². The van der Waals surface area contributed by atoms with E-state index in [0.717, 1.165) is 38.2 Å². The average Bonchev–Trinajstić information content (AvgIpc) is 2.93. The Morgan fingerprint density at radius 2 is 1.47 bits per heavy atom. The van der Waals surface area contributed by atoms with Gasteiger partial charge in [0.25, 0.3) is 5.91 Å². The third-order valence-electron chi connectivity index (χ3n) is 6.32. The number of ether oxygens (including phenoxy) is 2. The summed E-state index contributed by atoms with van der Waals surface area (Å²) in [6.07, 6.45) is 11.2. The summed E-state index contributed by atoms with van der Waals surface area (Å²) in [6.45, 7) is 5.18. The third kappa shape index (κ3) is 8.75. The maximum Gasteiger partial charge on any atom is 0.374 e. The lowest BCUT2D eigenvalue weighted by Crippen LogP contribution is -2.14. The van der Waals surface area contributed by atoms with Crippen LogP contribution in [-0.4, -0.2) is 25.1 Å². The van der Waals surface area contributed by atoms with E-state index in [2.05, 4.69) is 19.2 Å². The van der Waals surface area contributed by atoms with Crippen LogP contribution < -0.4 is 15.5 Å². The molecule has 0 fully saturated rings. The molecule has 0 aliphatic carbocycles. The quantitative estimate of drug-likeness (QED) is 0.155. The number of carbonyl (C=O) groups excluding carboxylic acids is 2. The van der Waals surface area contributed by atoms with Gasteiger partial charge in [0.1, 0.15) is 5.75 Å². The van der Waals surface area contributed by atoms with Gasteiger partial charge < -0.3 is 19.2 Å². The normalized spacial score (nSPS) is 10.9. The van der Waals surface area contributed by atoms with Crippen LogP contribution in [0.1, 0.15) is 99.0 Å². The van der Waals surface area contributed by atoms with Gasteiger partial charge in [0.15, 0.2) is 11.0 Å². The van der Waals surface area contributed by atoms with Gasteiger partial charge >= 0.3 is 5.97 Å². The molecule has 7 heteroatoms. The largest absolute Gasteiger partial charge is 0.494 e. The minimum atomic E-state index is -0.701. The van der Waals surface area contributed by atoms with Gasteiger partial charge in [0.2, 0.25) is 5.76 Å². The third-order valence-corrected chi connectivity index (χ3v) is 6.32. The van der Waals surface area contributed by atoms with E-state index in [-0.39, 0.29) is 34.7 Å². The maximum atomic E-state index is 12.9. The number of hydrogen-bond acceptors (Lipinski definition) is 6. The second kappa shape index (κ2) is 15.6. The van der Waals surface area contributed by atoms with E-state index in [1.165, 1.54) is 32.1 Å². The predicted molar refractivity (Wildman–Crippen MR) is 150 cm³/mol. The van der Waals surface area contributed by atoms with Crippen LogP contribution in [0, 0.1) is 0 Å². The monoisotopic (exact) mass is 521 g/mol. The van der Waals surface area contributed by atoms with E-state index in [1.54, 1.807) is 42.5 Å². The standard InChI is InChI=1S/C31H39NO6/c1-3-5-7-8-9-10-12-20-36-24-18-16-23(17-19-24)30(34)32-26-15-13-14-25-27(33)22-28(38-29(25)26)31(35)37-21-11-6-4-2/h13-19,22H,3-12,20-21H2,1-2H3,(H,32,34). The molecule has 1 N–H and O–H groups in total. The van der Waals surface area contributed by atoms with Gasteiger partial charge in [-0.05, 0) is 49.2 Å². The summed E-state index contributed by atoms with van der Waals surface area (Å²) in [7, 11) is 0. The molecule has 3 rings (SSSR count). The van der Waals surface area contributed by atoms with Gasteiger partial charge in [-0.3, -0.25) is 9.59 Å². The predicted octanol–water partition coefficient (Wildman–Crippen LogP) is 7.52. The summed E-state index contributed by atoms with van der Waals surface area (Å²) < 4.78 is 16.8. The lowest BCUT2D eigenvalue weighted by molar-refractivity contribution is 0.0462. The number of anilines is 1. The molecule has 1 heterocycles. The van der Waals surface area contributed by atoms with Crippen molar-refractivity contribution in [2.24, 2.45) is 0 Å².